The zero-order chi connectivity index (χ0) is 14.5. The van der Waals surface area contributed by atoms with Crippen molar-refractivity contribution in [3.05, 3.63) is 102 Å². The van der Waals surface area contributed by atoms with Gasteiger partial charge in [0.1, 0.15) is 0 Å². The lowest BCUT2D eigenvalue weighted by Crippen LogP contribution is -2.23. The quantitative estimate of drug-likeness (QED) is 0.629. The fraction of sp³-hybridized carbons (Fsp3) is 0.105. The summed E-state index contributed by atoms with van der Waals surface area (Å²) >= 11 is 7.10. The fourth-order valence-corrected chi connectivity index (χ4v) is 2.97. The van der Waals surface area contributed by atoms with Crippen molar-refractivity contribution >= 4 is 11.6 Å². The molecule has 0 saturated heterocycles. The smallest absolute Gasteiger partial charge is 0.0985 e. The van der Waals surface area contributed by atoms with E-state index in [0.29, 0.717) is 0 Å². The summed E-state index contributed by atoms with van der Waals surface area (Å²) in [6.45, 7) is 0. The van der Waals surface area contributed by atoms with Crippen LogP contribution < -0.4 is 0 Å². The Labute approximate surface area is 130 Å². The highest BCUT2D eigenvalue weighted by atomic mass is 35.5. The van der Waals surface area contributed by atoms with Crippen LogP contribution in [0.2, 0.25) is 0 Å². The van der Waals surface area contributed by atoms with Gasteiger partial charge in [-0.25, -0.2) is 0 Å². The molecule has 3 rings (SSSR count). The lowest BCUT2D eigenvalue weighted by atomic mass is 9.85. The first kappa shape index (κ1) is 13.8. The van der Waals surface area contributed by atoms with Gasteiger partial charge in [0.15, 0.2) is 0 Å². The molecular weight excluding hydrogens is 278 g/mol. The topological polar surface area (TPSA) is 12.9 Å². The van der Waals surface area contributed by atoms with E-state index < -0.39 is 4.87 Å². The maximum absolute atomic E-state index is 7.10. The first-order valence-corrected chi connectivity index (χ1v) is 7.36. The molecule has 1 unspecified atom stereocenters. The molecule has 3 aromatic rings. The molecule has 2 heteroatoms. The molecule has 0 aliphatic heterocycles. The molecule has 1 atom stereocenters. The third-order valence-electron chi connectivity index (χ3n) is 3.66. The summed E-state index contributed by atoms with van der Waals surface area (Å²) < 4.78 is 0. The van der Waals surface area contributed by atoms with E-state index in [1.165, 1.54) is 5.56 Å². The van der Waals surface area contributed by atoms with Crippen LogP contribution in [0.3, 0.4) is 0 Å². The van der Waals surface area contributed by atoms with Crippen LogP contribution in [-0.2, 0) is 11.3 Å². The van der Waals surface area contributed by atoms with E-state index in [0.717, 1.165) is 17.5 Å². The van der Waals surface area contributed by atoms with Crippen LogP contribution in [0, 0.1) is 0 Å². The number of nitrogens with zero attached hydrogens (tertiary/aromatic N) is 1. The predicted octanol–water partition coefficient (Wildman–Crippen LogP) is 4.81. The molecule has 0 aliphatic rings. The average Bonchev–Trinajstić information content (AvgIpc) is 2.57. The van der Waals surface area contributed by atoms with Crippen molar-refractivity contribution in [3.63, 3.8) is 0 Å². The van der Waals surface area contributed by atoms with E-state index in [2.05, 4.69) is 29.2 Å². The second-order valence-corrected chi connectivity index (χ2v) is 5.71. The third kappa shape index (κ3) is 2.98. The van der Waals surface area contributed by atoms with Crippen LogP contribution in [0.15, 0.2) is 85.2 Å². The Kier molecular flexibility index (Phi) is 4.03. The van der Waals surface area contributed by atoms with Crippen LogP contribution in [0.5, 0.6) is 0 Å². The zero-order valence-electron chi connectivity index (χ0n) is 11.6. The molecule has 0 spiro atoms. The summed E-state index contributed by atoms with van der Waals surface area (Å²) in [5.74, 6) is 0. The summed E-state index contributed by atoms with van der Waals surface area (Å²) in [6, 6.07) is 24.5. The Hall–Kier alpha value is -2.12. The summed E-state index contributed by atoms with van der Waals surface area (Å²) in [5.41, 5.74) is 3.38. The number of hydrogen-bond acceptors (Lipinski definition) is 1. The molecule has 0 aliphatic carbocycles. The molecule has 2 aromatic carbocycles. The highest BCUT2D eigenvalue weighted by Crippen LogP contribution is 2.39. The van der Waals surface area contributed by atoms with Crippen molar-refractivity contribution in [2.75, 3.05) is 0 Å². The standard InChI is InChI=1S/C19H16ClN/c20-19(17-9-5-2-6-10-17,18-11-13-21-14-12-18)15-16-7-3-1-4-8-16/h1-14H,15H2. The van der Waals surface area contributed by atoms with Gasteiger partial charge >= 0.3 is 0 Å². The van der Waals surface area contributed by atoms with Gasteiger partial charge in [0.05, 0.1) is 4.87 Å². The highest BCUT2D eigenvalue weighted by Gasteiger charge is 2.31. The van der Waals surface area contributed by atoms with Crippen molar-refractivity contribution in [1.29, 1.82) is 0 Å². The van der Waals surface area contributed by atoms with Crippen molar-refractivity contribution in [1.82, 2.24) is 4.98 Å². The summed E-state index contributed by atoms with van der Waals surface area (Å²) in [4.78, 5) is 3.52. The largest absolute Gasteiger partial charge is 0.265 e. The zero-order valence-corrected chi connectivity index (χ0v) is 12.4. The third-order valence-corrected chi connectivity index (χ3v) is 4.23. The number of halogens is 1. The average molecular weight is 294 g/mol. The van der Waals surface area contributed by atoms with Crippen molar-refractivity contribution in [2.24, 2.45) is 0 Å². The van der Waals surface area contributed by atoms with Gasteiger partial charge in [0, 0.05) is 12.4 Å². The van der Waals surface area contributed by atoms with Crippen LogP contribution in [0.25, 0.3) is 0 Å². The Balaban J connectivity index is 2.07. The molecule has 1 aromatic heterocycles. The van der Waals surface area contributed by atoms with Crippen LogP contribution in [0.4, 0.5) is 0 Å². The summed E-state index contributed by atoms with van der Waals surface area (Å²) in [5, 5.41) is 0. The van der Waals surface area contributed by atoms with Gasteiger partial charge < -0.3 is 0 Å². The molecule has 0 fully saturated rings. The molecule has 1 heterocycles. The van der Waals surface area contributed by atoms with E-state index >= 15 is 0 Å². The molecule has 0 bridgehead atoms. The molecular formula is C19H16ClN. The van der Waals surface area contributed by atoms with Gasteiger partial charge in [-0.3, -0.25) is 4.98 Å². The van der Waals surface area contributed by atoms with Gasteiger partial charge in [0.25, 0.3) is 0 Å². The van der Waals surface area contributed by atoms with E-state index in [9.17, 15) is 0 Å². The van der Waals surface area contributed by atoms with Crippen LogP contribution in [-0.4, -0.2) is 4.98 Å². The maximum atomic E-state index is 7.10. The van der Waals surface area contributed by atoms with Crippen molar-refractivity contribution in [2.45, 2.75) is 11.3 Å². The molecule has 104 valence electrons. The van der Waals surface area contributed by atoms with Crippen LogP contribution in [0.1, 0.15) is 16.7 Å². The number of hydrogen-bond donors (Lipinski definition) is 0. The van der Waals surface area contributed by atoms with E-state index in [1.54, 1.807) is 12.4 Å². The lowest BCUT2D eigenvalue weighted by molar-refractivity contribution is 0.719. The van der Waals surface area contributed by atoms with Gasteiger partial charge in [-0.1, -0.05) is 60.7 Å². The first-order valence-electron chi connectivity index (χ1n) is 6.98. The SMILES string of the molecule is ClC(Cc1ccccc1)(c1ccccc1)c1ccncc1. The molecule has 1 nitrogen and oxygen atoms in total. The Morgan fingerprint density at radius 3 is 1.86 bits per heavy atom. The molecule has 0 N–H and O–H groups in total. The minimum atomic E-state index is -0.578. The molecule has 0 saturated carbocycles. The van der Waals surface area contributed by atoms with E-state index in [4.69, 9.17) is 11.6 Å². The van der Waals surface area contributed by atoms with Gasteiger partial charge in [-0.2, -0.15) is 0 Å². The van der Waals surface area contributed by atoms with Gasteiger partial charge in [-0.05, 0) is 35.2 Å². The van der Waals surface area contributed by atoms with Gasteiger partial charge in [0.2, 0.25) is 0 Å². The number of rotatable bonds is 4. The summed E-state index contributed by atoms with van der Waals surface area (Å²) in [7, 11) is 0. The van der Waals surface area contributed by atoms with Gasteiger partial charge in [-0.15, -0.1) is 11.6 Å². The highest BCUT2D eigenvalue weighted by molar-refractivity contribution is 6.26. The Morgan fingerprint density at radius 2 is 1.24 bits per heavy atom. The second-order valence-electron chi connectivity index (χ2n) is 5.07. The number of alkyl halides is 1. The normalized spacial score (nSPS) is 13.6. The second kappa shape index (κ2) is 6.11. The number of pyridine rings is 1. The van der Waals surface area contributed by atoms with Crippen molar-refractivity contribution in [3.8, 4) is 0 Å². The predicted molar refractivity (Wildman–Crippen MR) is 87.5 cm³/mol. The summed E-state index contributed by atoms with van der Waals surface area (Å²) in [6.07, 6.45) is 4.32. The van der Waals surface area contributed by atoms with E-state index in [1.807, 2.05) is 48.5 Å². The maximum Gasteiger partial charge on any atom is 0.0985 e. The minimum absolute atomic E-state index is 0.578. The lowest BCUT2D eigenvalue weighted by Gasteiger charge is -2.28. The Bertz CT molecular complexity index is 641. The van der Waals surface area contributed by atoms with Crippen LogP contribution >= 0.6 is 11.6 Å². The van der Waals surface area contributed by atoms with Crippen molar-refractivity contribution < 1.29 is 0 Å². The molecule has 0 amide bonds. The fourth-order valence-electron chi connectivity index (χ4n) is 2.57. The Morgan fingerprint density at radius 1 is 0.714 bits per heavy atom. The number of aromatic nitrogens is 1. The molecule has 21 heavy (non-hydrogen) atoms. The van der Waals surface area contributed by atoms with E-state index in [-0.39, 0.29) is 0 Å². The minimum Gasteiger partial charge on any atom is -0.265 e. The number of benzene rings is 2. The first-order chi connectivity index (χ1) is 10.3. The molecule has 0 radical (unpaired) electrons. The monoisotopic (exact) mass is 293 g/mol.